The largest absolute Gasteiger partial charge is 1.00 e. The van der Waals surface area contributed by atoms with E-state index in [4.69, 9.17) is 0 Å². The van der Waals surface area contributed by atoms with Crippen LogP contribution >= 0.6 is 12.2 Å². The summed E-state index contributed by atoms with van der Waals surface area (Å²) in [6.07, 6.45) is -10.1. The van der Waals surface area contributed by atoms with Crippen molar-refractivity contribution in [1.29, 1.82) is 0 Å². The number of hydrogen-bond donors (Lipinski definition) is 0. The van der Waals surface area contributed by atoms with Crippen LogP contribution in [0.4, 0.5) is 48.7 Å². The molecule has 0 aliphatic carbocycles. The van der Waals surface area contributed by atoms with Gasteiger partial charge >= 0.3 is 48.4 Å². The van der Waals surface area contributed by atoms with Crippen LogP contribution in [0.25, 0.3) is 4.13 Å². The number of sulfonamides is 1. The average Bonchev–Trinajstić information content (AvgIpc) is 2.25. The van der Waals surface area contributed by atoms with Crippen molar-refractivity contribution in [2.75, 3.05) is 0 Å². The molecule has 5 nitrogen and oxygen atoms in total. The molecule has 0 aromatic carbocycles. The van der Waals surface area contributed by atoms with Crippen molar-refractivity contribution in [3.05, 3.63) is 4.13 Å². The summed E-state index contributed by atoms with van der Waals surface area (Å²) in [5.74, 6) is -14.9. The van der Waals surface area contributed by atoms with Gasteiger partial charge in [-0.2, -0.15) is 39.5 Å². The normalized spacial score (nSPS) is 14.2. The minimum Gasteiger partial charge on any atom is -0.451 e. The van der Waals surface area contributed by atoms with Crippen LogP contribution < -0.4 is 18.9 Å². The Labute approximate surface area is 136 Å². The molecule has 0 unspecified atom stereocenters. The fraction of sp³-hybridized carbons (Fsp3) is 0.800. The Balaban J connectivity index is 0. The Morgan fingerprint density at radius 2 is 1.30 bits per heavy atom. The van der Waals surface area contributed by atoms with E-state index in [0.717, 1.165) is 0 Å². The first-order valence-electron chi connectivity index (χ1n) is 4.12. The van der Waals surface area contributed by atoms with E-state index in [1.54, 1.807) is 0 Å². The standard InChI is InChI=1S/C5F10NO4S2.Li/c6-1(17)20-21-16-22(18,19)5(14,15)3(9,10)2(7,8)4(11,12)13;/q-1;+1. The van der Waals surface area contributed by atoms with Gasteiger partial charge in [-0.1, -0.05) is 0 Å². The maximum Gasteiger partial charge on any atom is 1.00 e. The summed E-state index contributed by atoms with van der Waals surface area (Å²) in [6, 6.07) is 0. The molecule has 0 aromatic rings. The van der Waals surface area contributed by atoms with Crippen molar-refractivity contribution in [2.45, 2.75) is 23.3 Å². The van der Waals surface area contributed by atoms with Crippen molar-refractivity contribution in [1.82, 2.24) is 0 Å². The minimum absolute atomic E-state index is 0. The van der Waals surface area contributed by atoms with E-state index in [-0.39, 0.29) is 18.9 Å². The van der Waals surface area contributed by atoms with Gasteiger partial charge in [0, 0.05) is 0 Å². The van der Waals surface area contributed by atoms with Crippen LogP contribution in [0.5, 0.6) is 0 Å². The minimum atomic E-state index is -7.47. The molecule has 0 saturated carbocycles. The molecular weight excluding hydrogens is 399 g/mol. The molecule has 0 N–H and O–H groups in total. The first kappa shape index (κ1) is 24.9. The first-order valence-corrected chi connectivity index (χ1v) is 6.26. The van der Waals surface area contributed by atoms with Gasteiger partial charge in [0.15, 0.2) is 10.0 Å². The molecule has 0 heterocycles. The van der Waals surface area contributed by atoms with Gasteiger partial charge in [-0.25, -0.2) is 13.2 Å². The SMILES string of the molecule is O=C(F)OS[N-]S(=O)(=O)C(F)(F)C(F)(F)C(F)(F)C(F)(F)F.[Li+]. The predicted octanol–water partition coefficient (Wildman–Crippen LogP) is 0.789. The molecule has 0 amide bonds. The van der Waals surface area contributed by atoms with E-state index < -0.39 is 51.8 Å². The Bertz CT molecular complexity index is 534. The molecule has 0 aliphatic rings. The van der Waals surface area contributed by atoms with Crippen molar-refractivity contribution < 1.29 is 80.2 Å². The van der Waals surface area contributed by atoms with E-state index in [1.807, 2.05) is 0 Å². The van der Waals surface area contributed by atoms with E-state index in [0.29, 0.717) is 0 Å². The van der Waals surface area contributed by atoms with Crippen LogP contribution in [0, 0.1) is 0 Å². The fourth-order valence-electron chi connectivity index (χ4n) is 0.654. The Kier molecular flexibility index (Phi) is 7.84. The zero-order chi connectivity index (χ0) is 18.2. The zero-order valence-electron chi connectivity index (χ0n) is 10.2. The maximum absolute atomic E-state index is 12.9. The van der Waals surface area contributed by atoms with E-state index in [2.05, 4.69) is 4.18 Å². The number of carbonyl (C=O) groups is 1. The van der Waals surface area contributed by atoms with Crippen LogP contribution in [-0.2, 0) is 14.2 Å². The number of nitrogens with zero attached hydrogens (tertiary/aromatic N) is 1. The van der Waals surface area contributed by atoms with Gasteiger partial charge in [0.1, 0.15) is 0 Å². The second kappa shape index (κ2) is 7.25. The molecule has 23 heavy (non-hydrogen) atoms. The third-order valence-corrected chi connectivity index (χ3v) is 3.81. The second-order valence-electron chi connectivity index (χ2n) is 3.11. The van der Waals surface area contributed by atoms with E-state index in [1.165, 1.54) is 4.13 Å². The molecule has 18 heteroatoms. The molecule has 0 aliphatic heterocycles. The molecule has 0 spiro atoms. The van der Waals surface area contributed by atoms with Gasteiger partial charge in [0.2, 0.25) is 0 Å². The van der Waals surface area contributed by atoms with Gasteiger partial charge in [0.25, 0.3) is 0 Å². The van der Waals surface area contributed by atoms with Crippen LogP contribution in [0.2, 0.25) is 0 Å². The summed E-state index contributed by atoms with van der Waals surface area (Å²) >= 11 is -1.40. The third-order valence-electron chi connectivity index (χ3n) is 1.67. The van der Waals surface area contributed by atoms with Crippen LogP contribution in [0.15, 0.2) is 0 Å². The smallest absolute Gasteiger partial charge is 0.451 e. The number of halogens is 10. The van der Waals surface area contributed by atoms with Gasteiger partial charge in [0.05, 0.1) is 0 Å². The van der Waals surface area contributed by atoms with Crippen LogP contribution in [0.3, 0.4) is 0 Å². The van der Waals surface area contributed by atoms with Crippen LogP contribution in [0.1, 0.15) is 0 Å². The summed E-state index contributed by atoms with van der Waals surface area (Å²) in [7, 11) is -7.08. The molecule has 0 atom stereocenters. The monoisotopic (exact) mass is 399 g/mol. The number of alkyl halides is 9. The number of carbonyl (C=O) groups excluding carboxylic acids is 1. The van der Waals surface area contributed by atoms with Gasteiger partial charge in [-0.15, -0.1) is 4.39 Å². The topological polar surface area (TPSA) is 74.5 Å². The number of hydrogen-bond acceptors (Lipinski definition) is 5. The summed E-state index contributed by atoms with van der Waals surface area (Å²) in [6.45, 7) is 0. The van der Waals surface area contributed by atoms with Crippen molar-refractivity contribution in [3.8, 4) is 0 Å². The Morgan fingerprint density at radius 3 is 1.61 bits per heavy atom. The summed E-state index contributed by atoms with van der Waals surface area (Å²) in [5.41, 5.74) is 0. The van der Waals surface area contributed by atoms with Crippen molar-refractivity contribution >= 4 is 28.5 Å². The van der Waals surface area contributed by atoms with E-state index in [9.17, 15) is 57.1 Å². The van der Waals surface area contributed by atoms with Gasteiger partial charge in [-0.05, 0) is 12.2 Å². The number of rotatable bonds is 6. The third kappa shape index (κ3) is 4.59. The van der Waals surface area contributed by atoms with Crippen molar-refractivity contribution in [3.63, 3.8) is 0 Å². The molecule has 0 aromatic heterocycles. The molecule has 0 saturated heterocycles. The first-order chi connectivity index (χ1) is 9.42. The van der Waals surface area contributed by atoms with Gasteiger partial charge < -0.3 is 8.31 Å². The quantitative estimate of drug-likeness (QED) is 0.217. The summed E-state index contributed by atoms with van der Waals surface area (Å²) < 4.78 is 148. The zero-order valence-corrected chi connectivity index (χ0v) is 11.8. The maximum atomic E-state index is 12.9. The second-order valence-corrected chi connectivity index (χ2v) is 5.48. The molecule has 0 fully saturated rings. The molecule has 0 bridgehead atoms. The summed E-state index contributed by atoms with van der Waals surface area (Å²) in [4.78, 5) is 9.50. The molecule has 0 radical (unpaired) electrons. The van der Waals surface area contributed by atoms with E-state index >= 15 is 0 Å². The average molecular weight is 399 g/mol. The van der Waals surface area contributed by atoms with Crippen LogP contribution in [-0.4, -0.2) is 37.9 Å². The molecular formula is C5F10LiNO4S2. The fourth-order valence-corrected chi connectivity index (χ4v) is 1.98. The van der Waals surface area contributed by atoms with Gasteiger partial charge in [-0.3, -0.25) is 0 Å². The Morgan fingerprint density at radius 1 is 0.913 bits per heavy atom. The summed E-state index contributed by atoms with van der Waals surface area (Å²) in [5, 5.41) is -7.06. The molecule has 132 valence electrons. The van der Waals surface area contributed by atoms with Crippen molar-refractivity contribution in [2.24, 2.45) is 0 Å². The Hall–Kier alpha value is -0.373. The predicted molar refractivity (Wildman–Crippen MR) is 48.4 cm³/mol. The molecule has 0 rings (SSSR count).